The van der Waals surface area contributed by atoms with Crippen LogP contribution >= 0.6 is 0 Å². The van der Waals surface area contributed by atoms with E-state index < -0.39 is 12.3 Å². The summed E-state index contributed by atoms with van der Waals surface area (Å²) in [5, 5.41) is 2.78. The average molecular weight is 426 g/mol. The highest BCUT2D eigenvalue weighted by molar-refractivity contribution is 5.99. The fourth-order valence-electron chi connectivity index (χ4n) is 3.74. The van der Waals surface area contributed by atoms with Crippen LogP contribution in [0.1, 0.15) is 37.4 Å². The van der Waals surface area contributed by atoms with Crippen LogP contribution in [0.4, 0.5) is 4.79 Å². The van der Waals surface area contributed by atoms with Gasteiger partial charge in [-0.15, -0.1) is 0 Å². The maximum Gasteiger partial charge on any atom is 0.327 e. The zero-order chi connectivity index (χ0) is 22.2. The monoisotopic (exact) mass is 425 g/mol. The van der Waals surface area contributed by atoms with Gasteiger partial charge in [-0.3, -0.25) is 9.69 Å². The number of nitrogens with zero attached hydrogens (tertiary/aromatic N) is 2. The Morgan fingerprint density at radius 1 is 1.13 bits per heavy atom. The Balaban J connectivity index is 1.59. The van der Waals surface area contributed by atoms with Crippen LogP contribution in [0.25, 0.3) is 0 Å². The Morgan fingerprint density at radius 2 is 1.81 bits per heavy atom. The van der Waals surface area contributed by atoms with Crippen LogP contribution in [0.15, 0.2) is 54.6 Å². The number of likely N-dealkylation sites (tertiary alicyclic amines) is 1. The van der Waals surface area contributed by atoms with Gasteiger partial charge in [0.1, 0.15) is 5.75 Å². The normalized spacial score (nSPS) is 16.7. The molecule has 3 rings (SSSR count). The lowest BCUT2D eigenvalue weighted by Gasteiger charge is -2.38. The zero-order valence-electron chi connectivity index (χ0n) is 18.4. The lowest BCUT2D eigenvalue weighted by molar-refractivity contribution is -0.152. The van der Waals surface area contributed by atoms with E-state index >= 15 is 0 Å². The number of rotatable bonds is 10. The van der Waals surface area contributed by atoms with Crippen LogP contribution in [0.5, 0.6) is 5.75 Å². The third-order valence-electron chi connectivity index (χ3n) is 5.53. The average Bonchev–Trinajstić information content (AvgIpc) is 2.78. The van der Waals surface area contributed by atoms with Gasteiger partial charge >= 0.3 is 6.03 Å². The van der Waals surface area contributed by atoms with Crippen LogP contribution < -0.4 is 10.1 Å². The molecule has 0 saturated carbocycles. The Kier molecular flexibility index (Phi) is 8.03. The van der Waals surface area contributed by atoms with Crippen LogP contribution in [0.3, 0.4) is 0 Å². The highest BCUT2D eigenvalue weighted by Gasteiger charge is 2.42. The molecule has 7 nitrogen and oxygen atoms in total. The fraction of sp³-hybridized carbons (Fsp3) is 0.417. The molecule has 0 aromatic heterocycles. The SMILES string of the molecule is CCN(CC)C(COC)c1ccc(O[C@H]2CC(=O)N2C(=O)NCc2ccccc2)cc1. The molecular weight excluding hydrogens is 394 g/mol. The molecule has 2 aromatic carbocycles. The molecule has 166 valence electrons. The van der Waals surface area contributed by atoms with E-state index in [1.54, 1.807) is 7.11 Å². The van der Waals surface area contributed by atoms with Crippen molar-refractivity contribution in [2.24, 2.45) is 0 Å². The predicted octanol–water partition coefficient (Wildman–Crippen LogP) is 3.56. The number of imide groups is 1. The van der Waals surface area contributed by atoms with Crippen molar-refractivity contribution in [3.8, 4) is 5.75 Å². The molecule has 1 saturated heterocycles. The van der Waals surface area contributed by atoms with Gasteiger partial charge in [-0.2, -0.15) is 0 Å². The fourth-order valence-corrected chi connectivity index (χ4v) is 3.74. The summed E-state index contributed by atoms with van der Waals surface area (Å²) in [4.78, 5) is 27.9. The summed E-state index contributed by atoms with van der Waals surface area (Å²) in [5.41, 5.74) is 2.11. The van der Waals surface area contributed by atoms with Crippen LogP contribution in [0, 0.1) is 0 Å². The van der Waals surface area contributed by atoms with Crippen molar-refractivity contribution in [2.45, 2.75) is 39.1 Å². The van der Waals surface area contributed by atoms with E-state index in [0.29, 0.717) is 18.9 Å². The summed E-state index contributed by atoms with van der Waals surface area (Å²) in [5.74, 6) is 0.381. The topological polar surface area (TPSA) is 71.1 Å². The van der Waals surface area contributed by atoms with Crippen molar-refractivity contribution < 1.29 is 19.1 Å². The number of nitrogens with one attached hydrogen (secondary N) is 1. The van der Waals surface area contributed by atoms with Crippen molar-refractivity contribution in [3.63, 3.8) is 0 Å². The Labute approximate surface area is 183 Å². The van der Waals surface area contributed by atoms with Gasteiger partial charge in [0.2, 0.25) is 5.91 Å². The largest absolute Gasteiger partial charge is 0.469 e. The van der Waals surface area contributed by atoms with Crippen molar-refractivity contribution in [2.75, 3.05) is 26.8 Å². The number of hydrogen-bond donors (Lipinski definition) is 1. The third kappa shape index (κ3) is 5.62. The maximum atomic E-state index is 12.5. The molecule has 0 spiro atoms. The second-order valence-corrected chi connectivity index (χ2v) is 7.45. The second-order valence-electron chi connectivity index (χ2n) is 7.45. The van der Waals surface area contributed by atoms with E-state index in [-0.39, 0.29) is 18.4 Å². The number of hydrogen-bond acceptors (Lipinski definition) is 5. The van der Waals surface area contributed by atoms with Gasteiger partial charge in [-0.05, 0) is 36.3 Å². The molecule has 0 bridgehead atoms. The summed E-state index contributed by atoms with van der Waals surface area (Å²) < 4.78 is 11.3. The maximum absolute atomic E-state index is 12.5. The first kappa shape index (κ1) is 22.8. The van der Waals surface area contributed by atoms with E-state index in [1.807, 2.05) is 54.6 Å². The number of urea groups is 1. The second kappa shape index (κ2) is 10.9. The van der Waals surface area contributed by atoms with E-state index in [0.717, 1.165) is 29.1 Å². The third-order valence-corrected chi connectivity index (χ3v) is 5.53. The smallest absolute Gasteiger partial charge is 0.327 e. The molecule has 1 heterocycles. The van der Waals surface area contributed by atoms with E-state index in [2.05, 4.69) is 24.1 Å². The highest BCUT2D eigenvalue weighted by Crippen LogP contribution is 2.27. The number of ether oxygens (including phenoxy) is 2. The lowest BCUT2D eigenvalue weighted by atomic mass is 10.1. The number of amides is 3. The van der Waals surface area contributed by atoms with Gasteiger partial charge in [0.15, 0.2) is 6.23 Å². The summed E-state index contributed by atoms with van der Waals surface area (Å²) in [7, 11) is 1.71. The molecule has 1 N–H and O–H groups in total. The predicted molar refractivity (Wildman–Crippen MR) is 119 cm³/mol. The number of carbonyl (C=O) groups is 2. The first-order valence-electron chi connectivity index (χ1n) is 10.7. The molecule has 0 aliphatic carbocycles. The van der Waals surface area contributed by atoms with Gasteiger partial charge in [0.25, 0.3) is 0 Å². The minimum Gasteiger partial charge on any atom is -0.469 e. The number of β-lactam (4-membered cyclic amide) rings is 1. The minimum atomic E-state index is -0.591. The van der Waals surface area contributed by atoms with Crippen LogP contribution in [-0.2, 0) is 16.1 Å². The van der Waals surface area contributed by atoms with Crippen molar-refractivity contribution >= 4 is 11.9 Å². The van der Waals surface area contributed by atoms with Crippen molar-refractivity contribution in [1.29, 1.82) is 0 Å². The lowest BCUT2D eigenvalue weighted by Crippen LogP contribution is -2.60. The van der Waals surface area contributed by atoms with Gasteiger partial charge in [0.05, 0.1) is 19.1 Å². The first-order chi connectivity index (χ1) is 15.1. The minimum absolute atomic E-state index is 0.166. The summed E-state index contributed by atoms with van der Waals surface area (Å²) >= 11 is 0. The standard InChI is InChI=1S/C24H31N3O4/c1-4-26(5-2)21(17-30-3)19-11-13-20(14-12-19)31-23-15-22(28)27(23)24(29)25-16-18-9-7-6-8-10-18/h6-14,21,23H,4-5,15-17H2,1-3H3,(H,25,29)/t21?,23-/m0/s1. The van der Waals surface area contributed by atoms with Gasteiger partial charge < -0.3 is 14.8 Å². The van der Waals surface area contributed by atoms with Crippen molar-refractivity contribution in [3.05, 3.63) is 65.7 Å². The molecule has 31 heavy (non-hydrogen) atoms. The van der Waals surface area contributed by atoms with Gasteiger partial charge in [-0.25, -0.2) is 9.69 Å². The number of methoxy groups -OCH3 is 1. The molecule has 0 radical (unpaired) electrons. The number of likely N-dealkylation sites (N-methyl/N-ethyl adjacent to an activating group) is 1. The Morgan fingerprint density at radius 3 is 2.39 bits per heavy atom. The van der Waals surface area contributed by atoms with E-state index in [1.165, 1.54) is 0 Å². The molecule has 1 fully saturated rings. The quantitative estimate of drug-likeness (QED) is 0.590. The van der Waals surface area contributed by atoms with Crippen LogP contribution in [-0.4, -0.2) is 54.8 Å². The molecule has 1 unspecified atom stereocenters. The van der Waals surface area contributed by atoms with Gasteiger partial charge in [-0.1, -0.05) is 56.3 Å². The molecule has 7 heteroatoms. The molecule has 3 amide bonds. The van der Waals surface area contributed by atoms with Gasteiger partial charge in [0, 0.05) is 13.7 Å². The molecule has 2 aromatic rings. The Bertz CT molecular complexity index is 853. The zero-order valence-corrected chi connectivity index (χ0v) is 18.4. The summed E-state index contributed by atoms with van der Waals surface area (Å²) in [6.07, 6.45) is -0.404. The molecular formula is C24H31N3O4. The van der Waals surface area contributed by atoms with E-state index in [9.17, 15) is 9.59 Å². The summed E-state index contributed by atoms with van der Waals surface area (Å²) in [6.45, 7) is 7.09. The van der Waals surface area contributed by atoms with E-state index in [4.69, 9.17) is 9.47 Å². The highest BCUT2D eigenvalue weighted by atomic mass is 16.5. The summed E-state index contributed by atoms with van der Waals surface area (Å²) in [6, 6.07) is 17.1. The van der Waals surface area contributed by atoms with Crippen LogP contribution in [0.2, 0.25) is 0 Å². The van der Waals surface area contributed by atoms with Crippen molar-refractivity contribution in [1.82, 2.24) is 15.1 Å². The number of benzene rings is 2. The Hall–Kier alpha value is -2.90. The molecule has 1 aliphatic heterocycles. The first-order valence-corrected chi connectivity index (χ1v) is 10.7. The molecule has 2 atom stereocenters. The number of carbonyl (C=O) groups excluding carboxylic acids is 2. The molecule has 1 aliphatic rings.